The molecule has 1 atom stereocenters. The van der Waals surface area contributed by atoms with Crippen LogP contribution in [0.4, 0.5) is 0 Å². The van der Waals surface area contributed by atoms with Gasteiger partial charge in [0.15, 0.2) is 0 Å². The summed E-state index contributed by atoms with van der Waals surface area (Å²) < 4.78 is 0. The Morgan fingerprint density at radius 1 is 0.882 bits per heavy atom. The molecular weight excluding hydrogens is 210 g/mol. The molecule has 2 aromatic carbocycles. The lowest BCUT2D eigenvalue weighted by atomic mass is 9.81. The van der Waals surface area contributed by atoms with Crippen molar-refractivity contribution < 1.29 is 5.11 Å². The smallest absolute Gasteiger partial charge is 0.129 e. The highest BCUT2D eigenvalue weighted by Crippen LogP contribution is 2.31. The minimum atomic E-state index is -1.14. The van der Waals surface area contributed by atoms with Crippen LogP contribution in [-0.2, 0) is 5.60 Å². The molecule has 2 aromatic rings. The number of hydrogen-bond acceptors (Lipinski definition) is 2. The van der Waals surface area contributed by atoms with Crippen molar-refractivity contribution >= 4 is 0 Å². The zero-order valence-electron chi connectivity index (χ0n) is 9.88. The van der Waals surface area contributed by atoms with Gasteiger partial charge in [0, 0.05) is 6.04 Å². The Labute approximate surface area is 102 Å². The monoisotopic (exact) mass is 227 g/mol. The molecule has 0 saturated heterocycles. The van der Waals surface area contributed by atoms with E-state index in [1.807, 2.05) is 67.6 Å². The van der Waals surface area contributed by atoms with E-state index in [4.69, 9.17) is 5.73 Å². The van der Waals surface area contributed by atoms with Crippen LogP contribution in [0, 0.1) is 0 Å². The van der Waals surface area contributed by atoms with E-state index in [1.54, 1.807) is 0 Å². The SMILES string of the molecule is CC(N)C(O)(c1ccccc1)c1ccccc1. The van der Waals surface area contributed by atoms with E-state index < -0.39 is 5.60 Å². The highest BCUT2D eigenvalue weighted by atomic mass is 16.3. The molecule has 0 aliphatic carbocycles. The van der Waals surface area contributed by atoms with Gasteiger partial charge in [0.2, 0.25) is 0 Å². The second-order valence-electron chi connectivity index (χ2n) is 4.29. The first-order chi connectivity index (χ1) is 8.15. The van der Waals surface area contributed by atoms with Gasteiger partial charge in [-0.3, -0.25) is 0 Å². The maximum Gasteiger partial charge on any atom is 0.129 e. The lowest BCUT2D eigenvalue weighted by Crippen LogP contribution is -2.44. The normalized spacial score (nSPS) is 13.4. The second kappa shape index (κ2) is 4.70. The van der Waals surface area contributed by atoms with Gasteiger partial charge in [-0.2, -0.15) is 0 Å². The maximum absolute atomic E-state index is 10.9. The van der Waals surface area contributed by atoms with Gasteiger partial charge in [-0.05, 0) is 18.1 Å². The fourth-order valence-corrected chi connectivity index (χ4v) is 2.08. The molecule has 17 heavy (non-hydrogen) atoms. The average Bonchev–Trinajstić information content (AvgIpc) is 2.39. The van der Waals surface area contributed by atoms with E-state index in [0.29, 0.717) is 0 Å². The summed E-state index contributed by atoms with van der Waals surface area (Å²) in [5, 5.41) is 10.9. The quantitative estimate of drug-likeness (QED) is 0.845. The summed E-state index contributed by atoms with van der Waals surface area (Å²) in [5.74, 6) is 0. The van der Waals surface area contributed by atoms with Crippen LogP contribution < -0.4 is 5.73 Å². The van der Waals surface area contributed by atoms with Crippen LogP contribution >= 0.6 is 0 Å². The van der Waals surface area contributed by atoms with Crippen LogP contribution in [0.25, 0.3) is 0 Å². The Kier molecular flexibility index (Phi) is 3.27. The summed E-state index contributed by atoms with van der Waals surface area (Å²) in [6.07, 6.45) is 0. The number of rotatable bonds is 3. The Morgan fingerprint density at radius 3 is 1.53 bits per heavy atom. The Hall–Kier alpha value is -1.64. The summed E-state index contributed by atoms with van der Waals surface area (Å²) in [7, 11) is 0. The van der Waals surface area contributed by atoms with Gasteiger partial charge < -0.3 is 10.8 Å². The molecule has 0 spiro atoms. The fraction of sp³-hybridized carbons (Fsp3) is 0.200. The standard InChI is InChI=1S/C15H17NO/c1-12(16)15(17,13-8-4-2-5-9-13)14-10-6-3-7-11-14/h2-12,17H,16H2,1H3. The molecule has 0 aliphatic rings. The topological polar surface area (TPSA) is 46.2 Å². The van der Waals surface area contributed by atoms with E-state index in [0.717, 1.165) is 11.1 Å². The highest BCUT2D eigenvalue weighted by molar-refractivity contribution is 5.37. The molecule has 2 rings (SSSR count). The van der Waals surface area contributed by atoms with Crippen molar-refractivity contribution in [1.82, 2.24) is 0 Å². The van der Waals surface area contributed by atoms with Crippen molar-refractivity contribution in [3.05, 3.63) is 71.8 Å². The van der Waals surface area contributed by atoms with E-state index >= 15 is 0 Å². The van der Waals surface area contributed by atoms with Crippen LogP contribution in [0.1, 0.15) is 18.1 Å². The van der Waals surface area contributed by atoms with Gasteiger partial charge in [0.25, 0.3) is 0 Å². The first-order valence-electron chi connectivity index (χ1n) is 5.74. The molecule has 0 aliphatic heterocycles. The van der Waals surface area contributed by atoms with Crippen LogP contribution in [0.2, 0.25) is 0 Å². The molecule has 88 valence electrons. The predicted molar refractivity (Wildman–Crippen MR) is 69.5 cm³/mol. The maximum atomic E-state index is 10.9. The number of hydrogen-bond donors (Lipinski definition) is 2. The summed E-state index contributed by atoms with van der Waals surface area (Å²) in [6, 6.07) is 18.7. The molecular formula is C15H17NO. The molecule has 1 unspecified atom stereocenters. The molecule has 2 heteroatoms. The fourth-order valence-electron chi connectivity index (χ4n) is 2.08. The van der Waals surface area contributed by atoms with Gasteiger partial charge in [0.1, 0.15) is 5.60 Å². The Morgan fingerprint density at radius 2 is 1.24 bits per heavy atom. The van der Waals surface area contributed by atoms with Crippen molar-refractivity contribution in [2.24, 2.45) is 5.73 Å². The van der Waals surface area contributed by atoms with Gasteiger partial charge in [-0.15, -0.1) is 0 Å². The molecule has 0 bridgehead atoms. The van der Waals surface area contributed by atoms with Crippen molar-refractivity contribution in [1.29, 1.82) is 0 Å². The van der Waals surface area contributed by atoms with Crippen molar-refractivity contribution in [3.63, 3.8) is 0 Å². The predicted octanol–water partition coefficient (Wildman–Crippen LogP) is 2.27. The summed E-state index contributed by atoms with van der Waals surface area (Å²) >= 11 is 0. The van der Waals surface area contributed by atoms with Crippen molar-refractivity contribution in [2.45, 2.75) is 18.6 Å². The third kappa shape index (κ3) is 2.09. The second-order valence-corrected chi connectivity index (χ2v) is 4.29. The van der Waals surface area contributed by atoms with Gasteiger partial charge >= 0.3 is 0 Å². The molecule has 0 fully saturated rings. The third-order valence-electron chi connectivity index (χ3n) is 3.09. The lowest BCUT2D eigenvalue weighted by Gasteiger charge is -2.33. The molecule has 0 heterocycles. The molecule has 0 aromatic heterocycles. The zero-order valence-corrected chi connectivity index (χ0v) is 9.88. The van der Waals surface area contributed by atoms with Crippen LogP contribution in [0.3, 0.4) is 0 Å². The van der Waals surface area contributed by atoms with Crippen LogP contribution in [0.5, 0.6) is 0 Å². The minimum absolute atomic E-state index is 0.382. The van der Waals surface area contributed by atoms with Crippen LogP contribution in [-0.4, -0.2) is 11.1 Å². The first-order valence-corrected chi connectivity index (χ1v) is 5.74. The number of benzene rings is 2. The van der Waals surface area contributed by atoms with Crippen molar-refractivity contribution in [2.75, 3.05) is 0 Å². The Balaban J connectivity index is 2.55. The van der Waals surface area contributed by atoms with Crippen LogP contribution in [0.15, 0.2) is 60.7 Å². The largest absolute Gasteiger partial charge is 0.379 e. The number of aliphatic hydroxyl groups is 1. The van der Waals surface area contributed by atoms with Gasteiger partial charge in [-0.25, -0.2) is 0 Å². The van der Waals surface area contributed by atoms with Gasteiger partial charge in [-0.1, -0.05) is 60.7 Å². The van der Waals surface area contributed by atoms with E-state index in [-0.39, 0.29) is 6.04 Å². The first kappa shape index (κ1) is 11.8. The van der Waals surface area contributed by atoms with E-state index in [1.165, 1.54) is 0 Å². The Bertz CT molecular complexity index is 425. The molecule has 0 saturated carbocycles. The average molecular weight is 227 g/mol. The van der Waals surface area contributed by atoms with E-state index in [9.17, 15) is 5.11 Å². The highest BCUT2D eigenvalue weighted by Gasteiger charge is 2.35. The lowest BCUT2D eigenvalue weighted by molar-refractivity contribution is 0.0579. The molecule has 0 radical (unpaired) electrons. The minimum Gasteiger partial charge on any atom is -0.379 e. The van der Waals surface area contributed by atoms with Crippen molar-refractivity contribution in [3.8, 4) is 0 Å². The summed E-state index contributed by atoms with van der Waals surface area (Å²) in [5.41, 5.74) is 6.49. The molecule has 3 N–H and O–H groups in total. The third-order valence-corrected chi connectivity index (χ3v) is 3.09. The summed E-state index contributed by atoms with van der Waals surface area (Å²) in [4.78, 5) is 0. The molecule has 2 nitrogen and oxygen atoms in total. The number of nitrogens with two attached hydrogens (primary N) is 1. The van der Waals surface area contributed by atoms with Gasteiger partial charge in [0.05, 0.1) is 0 Å². The zero-order chi connectivity index (χ0) is 12.3. The summed E-state index contributed by atoms with van der Waals surface area (Å²) in [6.45, 7) is 1.82. The molecule has 0 amide bonds. The van der Waals surface area contributed by atoms with E-state index in [2.05, 4.69) is 0 Å².